The number of ether oxygens (including phenoxy) is 1. The maximum Gasteiger partial charge on any atom is 0.407 e. The molecule has 158 valence electrons. The van der Waals surface area contributed by atoms with E-state index in [0.29, 0.717) is 13.0 Å². The molecular formula is C19H31N3O5P-. The summed E-state index contributed by atoms with van der Waals surface area (Å²) in [5.74, 6) is -0.0000151. The van der Waals surface area contributed by atoms with Crippen molar-refractivity contribution in [2.45, 2.75) is 46.8 Å². The van der Waals surface area contributed by atoms with Crippen molar-refractivity contribution in [2.75, 3.05) is 12.8 Å². The van der Waals surface area contributed by atoms with Gasteiger partial charge in [0.15, 0.2) is 0 Å². The van der Waals surface area contributed by atoms with E-state index in [-0.39, 0.29) is 24.3 Å². The normalized spacial score (nSPS) is 14.4. The number of benzene rings is 1. The number of carbonyl (C=O) groups excluding carboxylic acids is 2. The number of carbonyl (C=O) groups is 2. The maximum atomic E-state index is 12.3. The van der Waals surface area contributed by atoms with Gasteiger partial charge in [-0.1, -0.05) is 58.0 Å². The smallest absolute Gasteiger partial charge is 0.407 e. The summed E-state index contributed by atoms with van der Waals surface area (Å²) in [4.78, 5) is 36.4. The highest BCUT2D eigenvalue weighted by Gasteiger charge is 2.24. The van der Waals surface area contributed by atoms with E-state index in [1.54, 1.807) is 12.1 Å². The zero-order valence-corrected chi connectivity index (χ0v) is 17.8. The van der Waals surface area contributed by atoms with E-state index in [4.69, 9.17) is 4.74 Å². The van der Waals surface area contributed by atoms with Gasteiger partial charge < -0.3 is 24.8 Å². The standard InChI is InChI=1S/C19H32N3O5P/c1-14(2)10-17(18(23)20-11-15(3)4)22-28(25,26)13-21-19(24)27-12-16-8-6-5-7-9-16/h5-9,14-15,17H,10-13H2,1-4H3,(H,20,23)(H,21,24)(H2,22,25,26)/p-1/t17-/m0/s1. The molecule has 8 nitrogen and oxygen atoms in total. The lowest BCUT2D eigenvalue weighted by molar-refractivity contribution is -0.179. The van der Waals surface area contributed by atoms with Crippen LogP contribution in [0.3, 0.4) is 0 Å². The molecule has 0 aliphatic heterocycles. The zero-order chi connectivity index (χ0) is 21.2. The van der Waals surface area contributed by atoms with Gasteiger partial charge in [-0.15, -0.1) is 0 Å². The van der Waals surface area contributed by atoms with E-state index in [9.17, 15) is 19.0 Å². The van der Waals surface area contributed by atoms with E-state index < -0.39 is 25.9 Å². The number of hydrogen-bond donors (Lipinski definition) is 3. The fourth-order valence-electron chi connectivity index (χ4n) is 2.34. The van der Waals surface area contributed by atoms with Crippen LogP contribution in [-0.4, -0.2) is 30.9 Å². The monoisotopic (exact) mass is 412 g/mol. The van der Waals surface area contributed by atoms with Crippen LogP contribution in [0.5, 0.6) is 0 Å². The lowest BCUT2D eigenvalue weighted by Gasteiger charge is -2.30. The molecule has 3 N–H and O–H groups in total. The molecule has 0 radical (unpaired) electrons. The average molecular weight is 412 g/mol. The quantitative estimate of drug-likeness (QED) is 0.480. The molecule has 0 aliphatic carbocycles. The Hall–Kier alpha value is -1.89. The van der Waals surface area contributed by atoms with Crippen LogP contribution in [-0.2, 0) is 20.7 Å². The topological polar surface area (TPSA) is 120 Å². The first-order chi connectivity index (χ1) is 13.1. The number of alkyl carbamates (subject to hydrolysis) is 1. The van der Waals surface area contributed by atoms with Gasteiger partial charge in [0.1, 0.15) is 6.61 Å². The largest absolute Gasteiger partial charge is 0.787 e. The Morgan fingerprint density at radius 2 is 1.71 bits per heavy atom. The summed E-state index contributed by atoms with van der Waals surface area (Å²) in [6, 6.07) is 8.16. The predicted octanol–water partition coefficient (Wildman–Crippen LogP) is 2.20. The maximum absolute atomic E-state index is 12.3. The van der Waals surface area contributed by atoms with E-state index in [1.807, 2.05) is 45.9 Å². The van der Waals surface area contributed by atoms with Crippen LogP contribution in [0.25, 0.3) is 0 Å². The van der Waals surface area contributed by atoms with Crippen molar-refractivity contribution >= 4 is 19.5 Å². The van der Waals surface area contributed by atoms with Crippen molar-refractivity contribution in [3.8, 4) is 0 Å². The van der Waals surface area contributed by atoms with Crippen LogP contribution < -0.4 is 20.6 Å². The molecule has 1 rings (SSSR count). The zero-order valence-electron chi connectivity index (χ0n) is 16.9. The minimum absolute atomic E-state index is 0.0385. The summed E-state index contributed by atoms with van der Waals surface area (Å²) >= 11 is 0. The van der Waals surface area contributed by atoms with Crippen molar-refractivity contribution < 1.29 is 23.8 Å². The summed E-state index contributed by atoms with van der Waals surface area (Å²) in [5.41, 5.74) is 0.792. The molecule has 0 spiro atoms. The molecule has 0 saturated heterocycles. The fourth-order valence-corrected chi connectivity index (χ4v) is 3.47. The lowest BCUT2D eigenvalue weighted by atomic mass is 10.0. The van der Waals surface area contributed by atoms with Crippen LogP contribution in [0.1, 0.15) is 39.7 Å². The molecule has 0 aliphatic rings. The van der Waals surface area contributed by atoms with E-state index in [0.717, 1.165) is 5.56 Å². The van der Waals surface area contributed by atoms with Gasteiger partial charge in [-0.3, -0.25) is 9.88 Å². The van der Waals surface area contributed by atoms with Crippen molar-refractivity contribution in [1.82, 2.24) is 15.7 Å². The molecular weight excluding hydrogens is 381 g/mol. The first-order valence-corrected chi connectivity index (χ1v) is 11.2. The summed E-state index contributed by atoms with van der Waals surface area (Å²) in [6.45, 7) is 8.21. The molecule has 0 fully saturated rings. The van der Waals surface area contributed by atoms with Gasteiger partial charge in [0.2, 0.25) is 5.91 Å². The van der Waals surface area contributed by atoms with E-state index in [1.165, 1.54) is 0 Å². The highest BCUT2D eigenvalue weighted by molar-refractivity contribution is 7.54. The first-order valence-electron chi connectivity index (χ1n) is 9.39. The third-order valence-electron chi connectivity index (χ3n) is 3.70. The van der Waals surface area contributed by atoms with Gasteiger partial charge in [-0.2, -0.15) is 0 Å². The third kappa shape index (κ3) is 10.4. The van der Waals surface area contributed by atoms with Gasteiger partial charge in [-0.05, 0) is 23.8 Å². The van der Waals surface area contributed by atoms with Crippen LogP contribution in [0.15, 0.2) is 30.3 Å². The van der Waals surface area contributed by atoms with E-state index >= 15 is 0 Å². The van der Waals surface area contributed by atoms with Gasteiger partial charge >= 0.3 is 6.09 Å². The lowest BCUT2D eigenvalue weighted by Crippen LogP contribution is -2.47. The molecule has 1 aromatic rings. The second kappa shape index (κ2) is 11.8. The van der Waals surface area contributed by atoms with Gasteiger partial charge in [0.05, 0.1) is 19.8 Å². The Morgan fingerprint density at radius 3 is 2.29 bits per heavy atom. The van der Waals surface area contributed by atoms with Crippen LogP contribution in [0.2, 0.25) is 0 Å². The number of hydrogen-bond acceptors (Lipinski definition) is 5. The molecule has 2 amide bonds. The Morgan fingerprint density at radius 1 is 1.07 bits per heavy atom. The molecule has 1 aromatic carbocycles. The molecule has 28 heavy (non-hydrogen) atoms. The highest BCUT2D eigenvalue weighted by Crippen LogP contribution is 2.30. The summed E-state index contributed by atoms with van der Waals surface area (Å²) < 4.78 is 17.3. The molecule has 9 heteroatoms. The molecule has 0 bridgehead atoms. The third-order valence-corrected chi connectivity index (χ3v) is 4.98. The van der Waals surface area contributed by atoms with Crippen LogP contribution in [0, 0.1) is 11.8 Å². The Bertz CT molecular complexity index is 667. The number of amides is 2. The summed E-state index contributed by atoms with van der Waals surface area (Å²) in [7, 11) is -4.23. The van der Waals surface area contributed by atoms with Crippen molar-refractivity contribution in [2.24, 2.45) is 11.8 Å². The average Bonchev–Trinajstić information content (AvgIpc) is 2.62. The van der Waals surface area contributed by atoms with Gasteiger partial charge in [-0.25, -0.2) is 4.79 Å². The first kappa shape index (κ1) is 24.1. The fraction of sp³-hybridized carbons (Fsp3) is 0.579. The van der Waals surface area contributed by atoms with Crippen molar-refractivity contribution in [1.29, 1.82) is 0 Å². The van der Waals surface area contributed by atoms with Gasteiger partial charge in [0.25, 0.3) is 0 Å². The SMILES string of the molecule is CC(C)CNC(=O)[C@H](CC(C)C)NP(=O)([O-])CNC(=O)OCc1ccccc1. The second-order valence-corrected chi connectivity index (χ2v) is 9.44. The number of nitrogens with one attached hydrogen (secondary N) is 3. The second-order valence-electron chi connectivity index (χ2n) is 7.52. The predicted molar refractivity (Wildman–Crippen MR) is 106 cm³/mol. The number of rotatable bonds is 11. The highest BCUT2D eigenvalue weighted by atomic mass is 31.2. The van der Waals surface area contributed by atoms with Crippen LogP contribution >= 0.6 is 7.52 Å². The van der Waals surface area contributed by atoms with Crippen LogP contribution in [0.4, 0.5) is 4.79 Å². The molecule has 0 aromatic heterocycles. The van der Waals surface area contributed by atoms with Gasteiger partial charge in [0, 0.05) is 6.54 Å². The van der Waals surface area contributed by atoms with Crippen molar-refractivity contribution in [3.63, 3.8) is 0 Å². The molecule has 0 saturated carbocycles. The van der Waals surface area contributed by atoms with Crippen molar-refractivity contribution in [3.05, 3.63) is 35.9 Å². The summed E-state index contributed by atoms with van der Waals surface area (Å²) in [5, 5.41) is 7.35. The molecule has 1 unspecified atom stereocenters. The minimum Gasteiger partial charge on any atom is -0.787 e. The Kier molecular flexibility index (Phi) is 10.2. The van der Waals surface area contributed by atoms with E-state index in [2.05, 4.69) is 15.7 Å². The Labute approximate surface area is 166 Å². The minimum atomic E-state index is -4.23. The molecule has 2 atom stereocenters. The summed E-state index contributed by atoms with van der Waals surface area (Å²) in [6.07, 6.45) is -1.13. The Balaban J connectivity index is 2.53. The molecule has 0 heterocycles.